The smallest absolute Gasteiger partial charge is 0.302 e. The molecule has 1 aromatic heterocycles. The lowest BCUT2D eigenvalue weighted by atomic mass is 10.1. The number of H-pyrrole nitrogens is 1. The molecule has 6 nitrogen and oxygen atoms in total. The van der Waals surface area contributed by atoms with E-state index < -0.39 is 5.97 Å². The van der Waals surface area contributed by atoms with Gasteiger partial charge in [0.15, 0.2) is 4.77 Å². The molecule has 0 atom stereocenters. The molecule has 1 aromatic carbocycles. The van der Waals surface area contributed by atoms with Gasteiger partial charge in [0.2, 0.25) is 0 Å². The van der Waals surface area contributed by atoms with Crippen LogP contribution in [0.3, 0.4) is 0 Å². The van der Waals surface area contributed by atoms with Crippen LogP contribution in [0.15, 0.2) is 41.2 Å². The van der Waals surface area contributed by atoms with Crippen molar-refractivity contribution in [3.8, 4) is 11.3 Å². The fraction of sp³-hybridized carbons (Fsp3) is 0.444. The van der Waals surface area contributed by atoms with Gasteiger partial charge in [-0.25, -0.2) is 0 Å². The normalized spacial score (nSPS) is 11.6. The van der Waals surface area contributed by atoms with Crippen LogP contribution in [0.25, 0.3) is 11.3 Å². The SMILES string of the molecule is CCOC(Cn1c(=O)cc(-c2ccccc2)[nH]c1=S)(OCC)OCC. The van der Waals surface area contributed by atoms with Gasteiger partial charge in [0, 0.05) is 25.9 Å². The van der Waals surface area contributed by atoms with Gasteiger partial charge in [-0.05, 0) is 38.6 Å². The minimum Gasteiger partial charge on any atom is -0.332 e. The van der Waals surface area contributed by atoms with Crippen LogP contribution < -0.4 is 5.56 Å². The summed E-state index contributed by atoms with van der Waals surface area (Å²) in [4.78, 5) is 15.7. The molecule has 2 rings (SSSR count). The molecule has 0 saturated heterocycles. The Labute approximate surface area is 152 Å². The van der Waals surface area contributed by atoms with E-state index >= 15 is 0 Å². The van der Waals surface area contributed by atoms with E-state index in [0.717, 1.165) is 5.56 Å². The standard InChI is InChI=1S/C18H24N2O4S/c1-4-22-18(23-5-2,24-6-3)13-20-16(21)12-15(19-17(20)25)14-10-8-7-9-11-14/h7-12H,4-6,13H2,1-3H3,(H,19,25). The lowest BCUT2D eigenvalue weighted by molar-refractivity contribution is -0.383. The number of hydrogen-bond donors (Lipinski definition) is 1. The monoisotopic (exact) mass is 364 g/mol. The molecule has 1 heterocycles. The number of nitrogens with zero attached hydrogens (tertiary/aromatic N) is 1. The highest BCUT2D eigenvalue weighted by molar-refractivity contribution is 7.71. The molecule has 2 aromatic rings. The first-order chi connectivity index (χ1) is 12.0. The Bertz CT molecular complexity index is 737. The average Bonchev–Trinajstić information content (AvgIpc) is 2.59. The fourth-order valence-electron chi connectivity index (χ4n) is 2.56. The Kier molecular flexibility index (Phi) is 7.07. The number of aromatic amines is 1. The van der Waals surface area contributed by atoms with E-state index in [-0.39, 0.29) is 16.9 Å². The zero-order chi connectivity index (χ0) is 18.3. The maximum absolute atomic E-state index is 12.6. The number of ether oxygens (including phenoxy) is 3. The van der Waals surface area contributed by atoms with Gasteiger partial charge in [-0.1, -0.05) is 30.3 Å². The highest BCUT2D eigenvalue weighted by atomic mass is 32.1. The van der Waals surface area contributed by atoms with Crippen molar-refractivity contribution in [1.82, 2.24) is 9.55 Å². The third-order valence-electron chi connectivity index (χ3n) is 3.55. The van der Waals surface area contributed by atoms with Crippen LogP contribution in [-0.2, 0) is 20.8 Å². The highest BCUT2D eigenvalue weighted by Crippen LogP contribution is 2.19. The quantitative estimate of drug-likeness (QED) is 0.546. The minimum atomic E-state index is -1.34. The van der Waals surface area contributed by atoms with E-state index in [9.17, 15) is 4.79 Å². The molecule has 0 amide bonds. The van der Waals surface area contributed by atoms with Gasteiger partial charge in [0.25, 0.3) is 5.56 Å². The van der Waals surface area contributed by atoms with Crippen molar-refractivity contribution in [3.05, 3.63) is 51.5 Å². The molecule has 0 saturated carbocycles. The molecule has 0 bridgehead atoms. The Morgan fingerprint density at radius 3 is 2.08 bits per heavy atom. The largest absolute Gasteiger partial charge is 0.332 e. The molecular weight excluding hydrogens is 340 g/mol. The third kappa shape index (κ3) is 4.85. The summed E-state index contributed by atoms with van der Waals surface area (Å²) in [6, 6.07) is 11.1. The molecule has 136 valence electrons. The molecule has 0 spiro atoms. The van der Waals surface area contributed by atoms with E-state index in [2.05, 4.69) is 4.98 Å². The summed E-state index contributed by atoms with van der Waals surface area (Å²) in [5.74, 6) is -1.34. The second-order valence-electron chi connectivity index (χ2n) is 5.26. The number of nitrogens with one attached hydrogen (secondary N) is 1. The van der Waals surface area contributed by atoms with Crippen LogP contribution in [0.1, 0.15) is 20.8 Å². The predicted molar refractivity (Wildman–Crippen MR) is 98.9 cm³/mol. The van der Waals surface area contributed by atoms with Gasteiger partial charge in [0.05, 0.1) is 5.69 Å². The molecule has 0 aliphatic carbocycles. The Morgan fingerprint density at radius 1 is 1.04 bits per heavy atom. The van der Waals surface area contributed by atoms with Gasteiger partial charge in [-0.2, -0.15) is 0 Å². The van der Waals surface area contributed by atoms with E-state index in [1.807, 2.05) is 51.1 Å². The summed E-state index contributed by atoms with van der Waals surface area (Å²) >= 11 is 5.39. The van der Waals surface area contributed by atoms with Gasteiger partial charge in [0.1, 0.15) is 6.54 Å². The van der Waals surface area contributed by atoms with Crippen molar-refractivity contribution in [3.63, 3.8) is 0 Å². The fourth-order valence-corrected chi connectivity index (χ4v) is 2.82. The van der Waals surface area contributed by atoms with Crippen molar-refractivity contribution in [2.45, 2.75) is 33.3 Å². The van der Waals surface area contributed by atoms with Crippen LogP contribution in [-0.4, -0.2) is 35.3 Å². The van der Waals surface area contributed by atoms with Crippen molar-refractivity contribution in [1.29, 1.82) is 0 Å². The van der Waals surface area contributed by atoms with Crippen LogP contribution in [0, 0.1) is 4.77 Å². The molecule has 0 radical (unpaired) electrons. The second kappa shape index (κ2) is 9.05. The van der Waals surface area contributed by atoms with E-state index in [1.165, 1.54) is 10.6 Å². The first-order valence-corrected chi connectivity index (χ1v) is 8.77. The van der Waals surface area contributed by atoms with Crippen molar-refractivity contribution >= 4 is 12.2 Å². The van der Waals surface area contributed by atoms with E-state index in [4.69, 9.17) is 26.4 Å². The molecule has 1 N–H and O–H groups in total. The van der Waals surface area contributed by atoms with Crippen LogP contribution in [0.4, 0.5) is 0 Å². The first-order valence-electron chi connectivity index (χ1n) is 8.36. The summed E-state index contributed by atoms with van der Waals surface area (Å²) in [6.45, 7) is 6.72. The zero-order valence-corrected chi connectivity index (χ0v) is 15.6. The minimum absolute atomic E-state index is 0.0474. The molecule has 0 unspecified atom stereocenters. The Balaban J connectivity index is 2.41. The summed E-state index contributed by atoms with van der Waals surface area (Å²) in [7, 11) is 0. The number of benzene rings is 1. The first kappa shape index (κ1) is 19.5. The number of hydrogen-bond acceptors (Lipinski definition) is 5. The highest BCUT2D eigenvalue weighted by Gasteiger charge is 2.34. The predicted octanol–water partition coefficient (Wildman–Crippen LogP) is 3.34. The van der Waals surface area contributed by atoms with Crippen molar-refractivity contribution in [2.75, 3.05) is 19.8 Å². The maximum atomic E-state index is 12.6. The zero-order valence-electron chi connectivity index (χ0n) is 14.8. The maximum Gasteiger partial charge on any atom is 0.302 e. The van der Waals surface area contributed by atoms with Gasteiger partial charge >= 0.3 is 5.97 Å². The summed E-state index contributed by atoms with van der Waals surface area (Å²) in [5.41, 5.74) is 1.32. The molecule has 0 aliphatic rings. The molecule has 7 heteroatoms. The van der Waals surface area contributed by atoms with Gasteiger partial charge in [-0.3, -0.25) is 9.36 Å². The van der Waals surface area contributed by atoms with Crippen LogP contribution >= 0.6 is 12.2 Å². The van der Waals surface area contributed by atoms with Gasteiger partial charge in [-0.15, -0.1) is 0 Å². The topological polar surface area (TPSA) is 65.5 Å². The second-order valence-corrected chi connectivity index (χ2v) is 5.65. The average molecular weight is 364 g/mol. The van der Waals surface area contributed by atoms with E-state index in [1.54, 1.807) is 0 Å². The van der Waals surface area contributed by atoms with Crippen molar-refractivity contribution < 1.29 is 14.2 Å². The lowest BCUT2D eigenvalue weighted by Crippen LogP contribution is -2.46. The van der Waals surface area contributed by atoms with E-state index in [0.29, 0.717) is 25.5 Å². The summed E-state index contributed by atoms with van der Waals surface area (Å²) < 4.78 is 18.7. The molecule has 0 aliphatic heterocycles. The Morgan fingerprint density at radius 2 is 1.60 bits per heavy atom. The lowest BCUT2D eigenvalue weighted by Gasteiger charge is -2.32. The molecule has 0 fully saturated rings. The van der Waals surface area contributed by atoms with Crippen LogP contribution in [0.2, 0.25) is 0 Å². The van der Waals surface area contributed by atoms with Crippen LogP contribution in [0.5, 0.6) is 0 Å². The third-order valence-corrected chi connectivity index (χ3v) is 3.87. The van der Waals surface area contributed by atoms with Gasteiger partial charge < -0.3 is 19.2 Å². The summed E-state index contributed by atoms with van der Waals surface area (Å²) in [6.07, 6.45) is 0. The number of aromatic nitrogens is 2. The Hall–Kier alpha value is -1.80. The molecular formula is C18H24N2O4S. The summed E-state index contributed by atoms with van der Waals surface area (Å²) in [5, 5.41) is 0. The van der Waals surface area contributed by atoms with Crippen molar-refractivity contribution in [2.24, 2.45) is 0 Å². The number of rotatable bonds is 9. The molecule has 25 heavy (non-hydrogen) atoms.